The quantitative estimate of drug-likeness (QED) is 0.627. The summed E-state index contributed by atoms with van der Waals surface area (Å²) < 4.78 is 5.00. The summed E-state index contributed by atoms with van der Waals surface area (Å²) in [6.07, 6.45) is 1.44. The number of halogens is 1. The molecule has 0 fully saturated rings. The Hall–Kier alpha value is -1.74. The van der Waals surface area contributed by atoms with Crippen molar-refractivity contribution in [2.24, 2.45) is 0 Å². The molecule has 0 aliphatic heterocycles. The van der Waals surface area contributed by atoms with Gasteiger partial charge in [0.25, 0.3) is 0 Å². The molecule has 1 heterocycles. The van der Waals surface area contributed by atoms with E-state index in [-0.39, 0.29) is 17.2 Å². The normalized spacial score (nSPS) is 10.2. The van der Waals surface area contributed by atoms with Crippen molar-refractivity contribution < 1.29 is 9.21 Å². The van der Waals surface area contributed by atoms with Crippen molar-refractivity contribution >= 4 is 23.1 Å². The van der Waals surface area contributed by atoms with Crippen molar-refractivity contribution in [3.05, 3.63) is 52.9 Å². The van der Waals surface area contributed by atoms with Gasteiger partial charge in [-0.15, -0.1) is 0 Å². The molecule has 76 valence electrons. The Balaban J connectivity index is 2.47. The van der Waals surface area contributed by atoms with Crippen molar-refractivity contribution in [2.45, 2.75) is 0 Å². The highest BCUT2D eigenvalue weighted by atomic mass is 35.5. The van der Waals surface area contributed by atoms with E-state index in [9.17, 15) is 4.79 Å². The van der Waals surface area contributed by atoms with E-state index in [2.05, 4.69) is 0 Å². The molecule has 4 heteroatoms. The average Bonchev–Trinajstić information content (AvgIpc) is 2.74. The lowest BCUT2D eigenvalue weighted by atomic mass is 10.1. The molecule has 1 aromatic heterocycles. The van der Waals surface area contributed by atoms with E-state index in [1.54, 1.807) is 30.3 Å². The van der Waals surface area contributed by atoms with Gasteiger partial charge >= 0.3 is 0 Å². The van der Waals surface area contributed by atoms with Gasteiger partial charge in [-0.25, -0.2) is 0 Å². The van der Waals surface area contributed by atoms with Crippen LogP contribution >= 0.6 is 11.6 Å². The van der Waals surface area contributed by atoms with E-state index in [4.69, 9.17) is 21.8 Å². The molecule has 3 nitrogen and oxygen atoms in total. The van der Waals surface area contributed by atoms with Crippen molar-refractivity contribution in [1.82, 2.24) is 0 Å². The molecule has 0 unspecified atom stereocenters. The molecule has 1 aromatic carbocycles. The molecule has 0 bridgehead atoms. The molecule has 2 rings (SSSR count). The number of furan rings is 1. The van der Waals surface area contributed by atoms with Crippen LogP contribution in [0.3, 0.4) is 0 Å². The van der Waals surface area contributed by atoms with Crippen LogP contribution in [0.15, 0.2) is 41.0 Å². The molecule has 0 amide bonds. The highest BCUT2D eigenvalue weighted by Gasteiger charge is 2.15. The second-order valence-electron chi connectivity index (χ2n) is 3.01. The number of hydrogen-bond acceptors (Lipinski definition) is 3. The first-order valence-electron chi connectivity index (χ1n) is 4.32. The number of hydrogen-bond donors (Lipinski definition) is 1. The summed E-state index contributed by atoms with van der Waals surface area (Å²) in [4.78, 5) is 11.8. The van der Waals surface area contributed by atoms with Crippen LogP contribution in [0.5, 0.6) is 0 Å². The van der Waals surface area contributed by atoms with E-state index < -0.39 is 0 Å². The molecule has 0 aliphatic carbocycles. The van der Waals surface area contributed by atoms with Gasteiger partial charge in [-0.05, 0) is 24.3 Å². The van der Waals surface area contributed by atoms with Crippen molar-refractivity contribution in [3.63, 3.8) is 0 Å². The highest BCUT2D eigenvalue weighted by Crippen LogP contribution is 2.24. The summed E-state index contributed by atoms with van der Waals surface area (Å²) in [7, 11) is 0. The Labute approximate surface area is 91.5 Å². The van der Waals surface area contributed by atoms with Gasteiger partial charge in [-0.1, -0.05) is 17.7 Å². The maximum Gasteiger partial charge on any atom is 0.230 e. The third-order valence-corrected chi connectivity index (χ3v) is 2.37. The van der Waals surface area contributed by atoms with E-state index in [0.717, 1.165) is 0 Å². The van der Waals surface area contributed by atoms with Gasteiger partial charge in [0.2, 0.25) is 5.78 Å². The zero-order chi connectivity index (χ0) is 10.8. The van der Waals surface area contributed by atoms with E-state index >= 15 is 0 Å². The second-order valence-corrected chi connectivity index (χ2v) is 3.41. The number of nitrogen functional groups attached to an aromatic ring is 1. The number of nitrogens with two attached hydrogens (primary N) is 1. The molecule has 0 spiro atoms. The van der Waals surface area contributed by atoms with Crippen LogP contribution in [-0.2, 0) is 0 Å². The molecule has 0 saturated heterocycles. The molecule has 2 N–H and O–H groups in total. The van der Waals surface area contributed by atoms with Gasteiger partial charge in [0.05, 0.1) is 22.5 Å². The Bertz CT molecular complexity index is 491. The fraction of sp³-hybridized carbons (Fsp3) is 0. The van der Waals surface area contributed by atoms with Gasteiger partial charge in [0.1, 0.15) is 0 Å². The zero-order valence-electron chi connectivity index (χ0n) is 7.74. The predicted molar refractivity (Wildman–Crippen MR) is 58.0 cm³/mol. The Morgan fingerprint density at radius 1 is 1.27 bits per heavy atom. The van der Waals surface area contributed by atoms with Gasteiger partial charge in [-0.2, -0.15) is 0 Å². The monoisotopic (exact) mass is 221 g/mol. The largest absolute Gasteiger partial charge is 0.461 e. The molecule has 2 aromatic rings. The second kappa shape index (κ2) is 3.79. The zero-order valence-corrected chi connectivity index (χ0v) is 8.49. The summed E-state index contributed by atoms with van der Waals surface area (Å²) in [6.45, 7) is 0. The fourth-order valence-corrected chi connectivity index (χ4v) is 1.45. The predicted octanol–water partition coefficient (Wildman–Crippen LogP) is 2.75. The van der Waals surface area contributed by atoms with Crippen LogP contribution in [0.1, 0.15) is 16.1 Å². The van der Waals surface area contributed by atoms with Gasteiger partial charge in [-0.3, -0.25) is 4.79 Å². The van der Waals surface area contributed by atoms with Crippen LogP contribution in [-0.4, -0.2) is 5.78 Å². The molecule has 15 heavy (non-hydrogen) atoms. The van der Waals surface area contributed by atoms with Crippen molar-refractivity contribution in [2.75, 3.05) is 5.73 Å². The Morgan fingerprint density at radius 2 is 2.07 bits per heavy atom. The summed E-state index contributed by atoms with van der Waals surface area (Å²) in [5, 5.41) is 0.368. The minimum Gasteiger partial charge on any atom is -0.461 e. The summed E-state index contributed by atoms with van der Waals surface area (Å²) in [5.74, 6) is -0.0102. The number of rotatable bonds is 2. The number of benzene rings is 1. The standard InChI is InChI=1S/C11H8ClNO2/c12-8-4-1-3-7(10(8)13)11(14)9-5-2-6-15-9/h1-6H,13H2. The number of carbonyl (C=O) groups excluding carboxylic acids is 1. The molecule has 0 aliphatic rings. The van der Waals surface area contributed by atoms with Gasteiger partial charge < -0.3 is 10.2 Å². The third-order valence-electron chi connectivity index (χ3n) is 2.04. The summed E-state index contributed by atoms with van der Waals surface area (Å²) >= 11 is 5.81. The number of anilines is 1. The van der Waals surface area contributed by atoms with Crippen molar-refractivity contribution in [1.29, 1.82) is 0 Å². The van der Waals surface area contributed by atoms with E-state index in [1.165, 1.54) is 6.26 Å². The Kier molecular flexibility index (Phi) is 2.47. The summed E-state index contributed by atoms with van der Waals surface area (Å²) in [6, 6.07) is 8.16. The number of ketones is 1. The molecule has 0 radical (unpaired) electrons. The number of carbonyl (C=O) groups is 1. The van der Waals surface area contributed by atoms with Crippen LogP contribution in [0.2, 0.25) is 5.02 Å². The minimum atomic E-state index is -0.264. The third kappa shape index (κ3) is 1.74. The van der Waals surface area contributed by atoms with Crippen LogP contribution in [0.4, 0.5) is 5.69 Å². The summed E-state index contributed by atoms with van der Waals surface area (Å²) in [5.41, 5.74) is 6.33. The van der Waals surface area contributed by atoms with Crippen molar-refractivity contribution in [3.8, 4) is 0 Å². The fourth-order valence-electron chi connectivity index (χ4n) is 1.28. The molecular weight excluding hydrogens is 214 g/mol. The lowest BCUT2D eigenvalue weighted by molar-refractivity contribution is 0.101. The minimum absolute atomic E-state index is 0.254. The van der Waals surface area contributed by atoms with Crippen LogP contribution in [0.25, 0.3) is 0 Å². The van der Waals surface area contributed by atoms with E-state index in [1.807, 2.05) is 0 Å². The first-order valence-corrected chi connectivity index (χ1v) is 4.70. The van der Waals surface area contributed by atoms with Gasteiger partial charge in [0.15, 0.2) is 5.76 Å². The number of para-hydroxylation sites is 1. The van der Waals surface area contributed by atoms with Gasteiger partial charge in [0, 0.05) is 0 Å². The smallest absolute Gasteiger partial charge is 0.230 e. The maximum atomic E-state index is 11.8. The topological polar surface area (TPSA) is 56.2 Å². The Morgan fingerprint density at radius 3 is 2.73 bits per heavy atom. The lowest BCUT2D eigenvalue weighted by Gasteiger charge is -2.03. The first-order chi connectivity index (χ1) is 7.20. The lowest BCUT2D eigenvalue weighted by Crippen LogP contribution is -2.04. The average molecular weight is 222 g/mol. The van der Waals surface area contributed by atoms with Crippen LogP contribution in [0, 0.1) is 0 Å². The first kappa shape index (κ1) is 9.80. The molecule has 0 atom stereocenters. The molecular formula is C11H8ClNO2. The maximum absolute atomic E-state index is 11.8. The highest BCUT2D eigenvalue weighted by molar-refractivity contribution is 6.34. The van der Waals surface area contributed by atoms with Crippen LogP contribution < -0.4 is 5.73 Å². The SMILES string of the molecule is Nc1c(Cl)cccc1C(=O)c1ccco1. The molecule has 0 saturated carbocycles. The van der Waals surface area contributed by atoms with E-state index in [0.29, 0.717) is 10.6 Å².